The molecule has 0 bridgehead atoms. The van der Waals surface area contributed by atoms with Gasteiger partial charge in [0.25, 0.3) is 5.91 Å². The maximum absolute atomic E-state index is 12.3. The molecule has 7 heteroatoms. The van der Waals surface area contributed by atoms with Crippen LogP contribution in [0.1, 0.15) is 28.8 Å². The van der Waals surface area contributed by atoms with Crippen LogP contribution in [0.2, 0.25) is 0 Å². The summed E-state index contributed by atoms with van der Waals surface area (Å²) < 4.78 is 5.37. The molecule has 1 aliphatic rings. The molecule has 1 aromatic heterocycles. The number of aromatic nitrogens is 2. The Labute approximate surface area is 152 Å². The van der Waals surface area contributed by atoms with Gasteiger partial charge < -0.3 is 15.0 Å². The quantitative estimate of drug-likeness (QED) is 0.882. The Kier molecular flexibility index (Phi) is 5.58. The van der Waals surface area contributed by atoms with E-state index in [2.05, 4.69) is 15.3 Å². The van der Waals surface area contributed by atoms with Crippen molar-refractivity contribution in [3.63, 3.8) is 0 Å². The topological polar surface area (TPSA) is 84.4 Å². The van der Waals surface area contributed by atoms with Gasteiger partial charge in [-0.05, 0) is 18.4 Å². The van der Waals surface area contributed by atoms with Crippen LogP contribution in [0.15, 0.2) is 36.8 Å². The van der Waals surface area contributed by atoms with Gasteiger partial charge in [-0.3, -0.25) is 9.59 Å². The van der Waals surface area contributed by atoms with Gasteiger partial charge in [-0.15, -0.1) is 0 Å². The lowest BCUT2D eigenvalue weighted by atomic mass is 10.0. The molecule has 1 N–H and O–H groups in total. The molecule has 2 heterocycles. The van der Waals surface area contributed by atoms with E-state index in [-0.39, 0.29) is 17.9 Å². The maximum atomic E-state index is 12.3. The van der Waals surface area contributed by atoms with E-state index < -0.39 is 0 Å². The van der Waals surface area contributed by atoms with Crippen molar-refractivity contribution in [2.45, 2.75) is 25.5 Å². The van der Waals surface area contributed by atoms with Gasteiger partial charge in [0.05, 0.1) is 11.3 Å². The minimum Gasteiger partial charge on any atom is -0.368 e. The molecule has 136 valence electrons. The van der Waals surface area contributed by atoms with Crippen LogP contribution in [-0.2, 0) is 16.1 Å². The third-order valence-corrected chi connectivity index (χ3v) is 4.27. The predicted octanol–water partition coefficient (Wildman–Crippen LogP) is 1.64. The third-order valence-electron chi connectivity index (χ3n) is 4.27. The summed E-state index contributed by atoms with van der Waals surface area (Å²) in [7, 11) is 3.39. The van der Waals surface area contributed by atoms with Crippen LogP contribution in [0.3, 0.4) is 0 Å². The molecule has 1 saturated heterocycles. The van der Waals surface area contributed by atoms with Gasteiger partial charge in [-0.25, -0.2) is 9.97 Å². The molecule has 0 saturated carbocycles. The summed E-state index contributed by atoms with van der Waals surface area (Å²) in [6.45, 7) is 1.09. The first-order valence-electron chi connectivity index (χ1n) is 8.56. The summed E-state index contributed by atoms with van der Waals surface area (Å²) in [5, 5.41) is 2.89. The molecule has 3 rings (SSSR count). The second kappa shape index (κ2) is 8.05. The van der Waals surface area contributed by atoms with Crippen LogP contribution in [0.5, 0.6) is 0 Å². The highest BCUT2D eigenvalue weighted by Crippen LogP contribution is 2.22. The molecule has 2 amide bonds. The first-order chi connectivity index (χ1) is 12.6. The number of rotatable bonds is 5. The first-order valence-corrected chi connectivity index (χ1v) is 8.56. The number of ether oxygens (including phenoxy) is 1. The zero-order valence-corrected chi connectivity index (χ0v) is 14.9. The lowest BCUT2D eigenvalue weighted by Crippen LogP contribution is -2.33. The zero-order valence-electron chi connectivity index (χ0n) is 14.9. The average molecular weight is 354 g/mol. The van der Waals surface area contributed by atoms with E-state index in [1.807, 2.05) is 24.3 Å². The summed E-state index contributed by atoms with van der Waals surface area (Å²) in [5.41, 5.74) is 2.84. The van der Waals surface area contributed by atoms with Crippen molar-refractivity contribution in [3.05, 3.63) is 47.9 Å². The van der Waals surface area contributed by atoms with E-state index in [4.69, 9.17) is 4.74 Å². The Morgan fingerprint density at radius 2 is 2.04 bits per heavy atom. The first kappa shape index (κ1) is 18.0. The summed E-state index contributed by atoms with van der Waals surface area (Å²) in [6, 6.07) is 7.61. The van der Waals surface area contributed by atoms with E-state index in [9.17, 15) is 9.59 Å². The van der Waals surface area contributed by atoms with E-state index >= 15 is 0 Å². The zero-order chi connectivity index (χ0) is 18.5. The molecular formula is C19H22N4O3. The van der Waals surface area contributed by atoms with E-state index in [1.165, 1.54) is 17.4 Å². The highest BCUT2D eigenvalue weighted by Gasteiger charge is 2.23. The van der Waals surface area contributed by atoms with Gasteiger partial charge >= 0.3 is 0 Å². The van der Waals surface area contributed by atoms with Crippen LogP contribution in [0, 0.1) is 0 Å². The van der Waals surface area contributed by atoms with Gasteiger partial charge in [-0.1, -0.05) is 24.3 Å². The lowest BCUT2D eigenvalue weighted by molar-refractivity contribution is -0.130. The highest BCUT2D eigenvalue weighted by atomic mass is 16.5. The number of benzene rings is 1. The van der Waals surface area contributed by atoms with Gasteiger partial charge in [0.15, 0.2) is 0 Å². The fourth-order valence-corrected chi connectivity index (χ4v) is 2.82. The van der Waals surface area contributed by atoms with Crippen LogP contribution in [-0.4, -0.2) is 53.5 Å². The van der Waals surface area contributed by atoms with Crippen molar-refractivity contribution in [2.75, 3.05) is 20.7 Å². The Balaban J connectivity index is 1.70. The summed E-state index contributed by atoms with van der Waals surface area (Å²) in [4.78, 5) is 34.0. The number of carbonyl (C=O) groups excluding carboxylic acids is 2. The maximum Gasteiger partial charge on any atom is 0.257 e. The molecule has 1 aromatic carbocycles. The van der Waals surface area contributed by atoms with Crippen molar-refractivity contribution in [1.82, 2.24) is 20.2 Å². The minimum absolute atomic E-state index is 0.0683. The van der Waals surface area contributed by atoms with Crippen LogP contribution in [0.25, 0.3) is 11.3 Å². The fourth-order valence-electron chi connectivity index (χ4n) is 2.82. The predicted molar refractivity (Wildman–Crippen MR) is 96.3 cm³/mol. The Bertz CT molecular complexity index is 784. The van der Waals surface area contributed by atoms with Crippen LogP contribution < -0.4 is 5.32 Å². The Morgan fingerprint density at radius 1 is 1.27 bits per heavy atom. The van der Waals surface area contributed by atoms with Crippen molar-refractivity contribution in [2.24, 2.45) is 0 Å². The SMILES string of the molecule is CN(C)C(=O)c1cncnc1-c1ccc(CNC(=O)[C@H]2CCCO2)cc1. The molecule has 0 aliphatic carbocycles. The second-order valence-corrected chi connectivity index (χ2v) is 6.40. The molecule has 26 heavy (non-hydrogen) atoms. The normalized spacial score (nSPS) is 16.3. The van der Waals surface area contributed by atoms with Crippen molar-refractivity contribution in [1.29, 1.82) is 0 Å². The third kappa shape index (κ3) is 4.05. The number of hydrogen-bond acceptors (Lipinski definition) is 5. The Morgan fingerprint density at radius 3 is 2.69 bits per heavy atom. The van der Waals surface area contributed by atoms with Gasteiger partial charge in [0.1, 0.15) is 12.4 Å². The minimum atomic E-state index is -0.324. The largest absolute Gasteiger partial charge is 0.368 e. The van der Waals surface area contributed by atoms with Crippen LogP contribution in [0.4, 0.5) is 0 Å². The van der Waals surface area contributed by atoms with E-state index in [1.54, 1.807) is 14.1 Å². The van der Waals surface area contributed by atoms with Gasteiger partial charge in [0, 0.05) is 39.0 Å². The van der Waals surface area contributed by atoms with Gasteiger partial charge in [0.2, 0.25) is 5.91 Å². The molecule has 1 fully saturated rings. The van der Waals surface area contributed by atoms with Gasteiger partial charge in [-0.2, -0.15) is 0 Å². The standard InChI is InChI=1S/C19H22N4O3/c1-23(2)19(25)15-11-20-12-22-17(15)14-7-5-13(6-8-14)10-21-18(24)16-4-3-9-26-16/h5-8,11-12,16H,3-4,9-10H2,1-2H3,(H,21,24)/t16-/m1/s1. The second-order valence-electron chi connectivity index (χ2n) is 6.40. The lowest BCUT2D eigenvalue weighted by Gasteiger charge is -2.13. The number of amides is 2. The number of carbonyl (C=O) groups is 2. The fraction of sp³-hybridized carbons (Fsp3) is 0.368. The monoisotopic (exact) mass is 354 g/mol. The molecule has 0 spiro atoms. The van der Waals surface area contributed by atoms with Crippen molar-refractivity contribution >= 4 is 11.8 Å². The molecular weight excluding hydrogens is 332 g/mol. The highest BCUT2D eigenvalue weighted by molar-refractivity contribution is 5.99. The summed E-state index contributed by atoms with van der Waals surface area (Å²) in [5.74, 6) is -0.213. The van der Waals surface area contributed by atoms with Crippen molar-refractivity contribution in [3.8, 4) is 11.3 Å². The molecule has 2 aromatic rings. The summed E-state index contributed by atoms with van der Waals surface area (Å²) >= 11 is 0. The van der Waals surface area contributed by atoms with Crippen LogP contribution >= 0.6 is 0 Å². The van der Waals surface area contributed by atoms with Crippen molar-refractivity contribution < 1.29 is 14.3 Å². The van der Waals surface area contributed by atoms with E-state index in [0.29, 0.717) is 24.4 Å². The molecule has 0 radical (unpaired) electrons. The smallest absolute Gasteiger partial charge is 0.257 e. The summed E-state index contributed by atoms with van der Waals surface area (Å²) in [6.07, 6.45) is 4.34. The molecule has 1 aliphatic heterocycles. The molecule has 1 atom stereocenters. The number of nitrogens with zero attached hydrogens (tertiary/aromatic N) is 3. The Hall–Kier alpha value is -2.80. The molecule has 0 unspecified atom stereocenters. The number of nitrogens with one attached hydrogen (secondary N) is 1. The average Bonchev–Trinajstić information content (AvgIpc) is 3.21. The molecule has 7 nitrogen and oxygen atoms in total. The number of hydrogen-bond donors (Lipinski definition) is 1. The van der Waals surface area contributed by atoms with E-state index in [0.717, 1.165) is 24.0 Å².